The lowest BCUT2D eigenvalue weighted by molar-refractivity contribution is 0.222. The molecule has 0 fully saturated rings. The Bertz CT molecular complexity index is 1410. The molecule has 8 heteroatoms. The average Bonchev–Trinajstić information content (AvgIpc) is 3.34. The number of hydrogen-bond donors (Lipinski definition) is 1. The van der Waals surface area contributed by atoms with E-state index in [-0.39, 0.29) is 12.1 Å². The molecule has 0 aliphatic carbocycles. The first-order valence-electron chi connectivity index (χ1n) is 11.3. The number of rotatable bonds is 5. The summed E-state index contributed by atoms with van der Waals surface area (Å²) in [6.45, 7) is 0. The summed E-state index contributed by atoms with van der Waals surface area (Å²) in [7, 11) is 3.34. The van der Waals surface area contributed by atoms with Crippen LogP contribution in [-0.2, 0) is 0 Å². The summed E-state index contributed by atoms with van der Waals surface area (Å²) in [6.07, 6.45) is 1.65. The van der Waals surface area contributed by atoms with Crippen molar-refractivity contribution >= 4 is 23.4 Å². The van der Waals surface area contributed by atoms with E-state index in [1.54, 1.807) is 14.2 Å². The number of anilines is 1. The van der Waals surface area contributed by atoms with Crippen molar-refractivity contribution in [3.05, 3.63) is 95.1 Å². The monoisotopic (exact) mass is 484 g/mol. The number of nitrogens with one attached hydrogen (secondary N) is 1. The molecule has 176 valence electrons. The van der Waals surface area contributed by atoms with E-state index < -0.39 is 0 Å². The quantitative estimate of drug-likeness (QED) is 0.371. The van der Waals surface area contributed by atoms with Crippen LogP contribution in [0, 0.1) is 0 Å². The molecule has 2 aliphatic heterocycles. The third-order valence-electron chi connectivity index (χ3n) is 6.39. The van der Waals surface area contributed by atoms with Gasteiger partial charge in [0.2, 0.25) is 11.1 Å². The van der Waals surface area contributed by atoms with Crippen LogP contribution in [0.1, 0.15) is 28.8 Å². The van der Waals surface area contributed by atoms with Gasteiger partial charge in [0, 0.05) is 11.1 Å². The van der Waals surface area contributed by atoms with Gasteiger partial charge in [-0.05, 0) is 53.8 Å². The molecule has 1 N–H and O–H groups in total. The van der Waals surface area contributed by atoms with Crippen LogP contribution in [0.15, 0.2) is 83.5 Å². The molecular weight excluding hydrogens is 460 g/mol. The first kappa shape index (κ1) is 21.6. The Labute approximate surface area is 207 Å². The SMILES string of the molecule is COc1ccc([C@@H]2Oc3ccccc3C3=C2[C@H](c2ccc(OC)cc2)n2nc(SC)nc2N3)cc1. The lowest BCUT2D eigenvalue weighted by Crippen LogP contribution is -2.32. The first-order valence-corrected chi connectivity index (χ1v) is 12.5. The third-order valence-corrected chi connectivity index (χ3v) is 6.93. The topological polar surface area (TPSA) is 70.4 Å². The molecular formula is C27H24N4O3S. The number of benzene rings is 3. The van der Waals surface area contributed by atoms with Gasteiger partial charge in [0.1, 0.15) is 29.4 Å². The number of aromatic nitrogens is 3. The fourth-order valence-corrected chi connectivity index (χ4v) is 5.05. The Morgan fingerprint density at radius 2 is 1.54 bits per heavy atom. The molecule has 3 aromatic carbocycles. The number of fused-ring (bicyclic) bond motifs is 3. The minimum Gasteiger partial charge on any atom is -0.497 e. The van der Waals surface area contributed by atoms with Crippen LogP contribution < -0.4 is 19.5 Å². The summed E-state index contributed by atoms with van der Waals surface area (Å²) < 4.78 is 19.4. The number of nitrogens with zero attached hydrogens (tertiary/aromatic N) is 3. The number of thioether (sulfide) groups is 1. The molecule has 0 unspecified atom stereocenters. The molecule has 2 atom stereocenters. The summed E-state index contributed by atoms with van der Waals surface area (Å²) in [5.41, 5.74) is 5.18. The molecule has 35 heavy (non-hydrogen) atoms. The highest BCUT2D eigenvalue weighted by atomic mass is 32.2. The smallest absolute Gasteiger partial charge is 0.227 e. The zero-order valence-corrected chi connectivity index (χ0v) is 20.4. The second kappa shape index (κ2) is 8.70. The number of ether oxygens (including phenoxy) is 3. The Morgan fingerprint density at radius 3 is 2.20 bits per heavy atom. The fourth-order valence-electron chi connectivity index (χ4n) is 4.70. The summed E-state index contributed by atoms with van der Waals surface area (Å²) in [6, 6.07) is 24.0. The molecule has 0 amide bonds. The zero-order chi connectivity index (χ0) is 23.9. The van der Waals surface area contributed by atoms with Crippen LogP contribution in [0.5, 0.6) is 17.2 Å². The highest BCUT2D eigenvalue weighted by Gasteiger charge is 2.41. The van der Waals surface area contributed by atoms with Crippen molar-refractivity contribution in [2.24, 2.45) is 0 Å². The van der Waals surface area contributed by atoms with Crippen molar-refractivity contribution in [2.45, 2.75) is 17.3 Å². The highest BCUT2D eigenvalue weighted by Crippen LogP contribution is 2.51. The van der Waals surface area contributed by atoms with Crippen LogP contribution in [-0.4, -0.2) is 35.2 Å². The number of methoxy groups -OCH3 is 2. The van der Waals surface area contributed by atoms with Crippen LogP contribution >= 0.6 is 11.8 Å². The Balaban J connectivity index is 1.59. The maximum atomic E-state index is 6.68. The van der Waals surface area contributed by atoms with Gasteiger partial charge in [-0.1, -0.05) is 48.2 Å². The van der Waals surface area contributed by atoms with Crippen LogP contribution in [0.3, 0.4) is 0 Å². The molecule has 0 saturated carbocycles. The zero-order valence-electron chi connectivity index (χ0n) is 19.6. The van der Waals surface area contributed by atoms with E-state index in [4.69, 9.17) is 24.3 Å². The van der Waals surface area contributed by atoms with Crippen molar-refractivity contribution in [2.75, 3.05) is 25.8 Å². The predicted molar refractivity (Wildman–Crippen MR) is 136 cm³/mol. The van der Waals surface area contributed by atoms with E-state index >= 15 is 0 Å². The van der Waals surface area contributed by atoms with E-state index in [2.05, 4.69) is 35.6 Å². The van der Waals surface area contributed by atoms with E-state index in [9.17, 15) is 0 Å². The van der Waals surface area contributed by atoms with Crippen LogP contribution in [0.25, 0.3) is 5.70 Å². The standard InChI is InChI=1S/C27H24N4O3S/c1-32-18-12-8-16(9-13-18)24-22-23(28-26-29-27(35-3)30-31(24)26)20-6-4-5-7-21(20)34-25(22)17-10-14-19(33-2)15-11-17/h4-15,24-25H,1-3H3,(H,28,29,30)/t24-,25-/m0/s1. The first-order chi connectivity index (χ1) is 17.2. The van der Waals surface area contributed by atoms with Crippen molar-refractivity contribution in [3.8, 4) is 17.2 Å². The molecule has 0 bridgehead atoms. The molecule has 4 aromatic rings. The highest BCUT2D eigenvalue weighted by molar-refractivity contribution is 7.98. The van der Waals surface area contributed by atoms with Gasteiger partial charge in [-0.25, -0.2) is 4.68 Å². The second-order valence-corrected chi connectivity index (χ2v) is 9.04. The van der Waals surface area contributed by atoms with Gasteiger partial charge in [-0.2, -0.15) is 4.98 Å². The van der Waals surface area contributed by atoms with E-state index in [1.807, 2.05) is 53.4 Å². The normalized spacial score (nSPS) is 18.0. The van der Waals surface area contributed by atoms with Crippen molar-refractivity contribution in [1.29, 1.82) is 0 Å². The molecule has 0 radical (unpaired) electrons. The average molecular weight is 485 g/mol. The largest absolute Gasteiger partial charge is 0.497 e. The van der Waals surface area contributed by atoms with E-state index in [1.165, 1.54) is 11.8 Å². The maximum Gasteiger partial charge on any atom is 0.227 e. The maximum absolute atomic E-state index is 6.68. The van der Waals surface area contributed by atoms with Crippen molar-refractivity contribution in [3.63, 3.8) is 0 Å². The predicted octanol–water partition coefficient (Wildman–Crippen LogP) is 5.58. The van der Waals surface area contributed by atoms with Crippen molar-refractivity contribution < 1.29 is 14.2 Å². The molecule has 6 rings (SSSR count). The van der Waals surface area contributed by atoms with Crippen LogP contribution in [0.4, 0.5) is 5.95 Å². The van der Waals surface area contributed by atoms with E-state index in [0.29, 0.717) is 11.1 Å². The van der Waals surface area contributed by atoms with Crippen LogP contribution in [0.2, 0.25) is 0 Å². The van der Waals surface area contributed by atoms with E-state index in [0.717, 1.165) is 45.2 Å². The van der Waals surface area contributed by atoms with Gasteiger partial charge in [0.25, 0.3) is 0 Å². The third kappa shape index (κ3) is 3.61. The molecule has 1 aromatic heterocycles. The van der Waals surface area contributed by atoms with Gasteiger partial charge in [-0.15, -0.1) is 5.10 Å². The lowest BCUT2D eigenvalue weighted by Gasteiger charge is -2.39. The summed E-state index contributed by atoms with van der Waals surface area (Å²) in [4.78, 5) is 4.75. The van der Waals surface area contributed by atoms with Gasteiger partial charge < -0.3 is 19.5 Å². The molecule has 0 saturated heterocycles. The molecule has 2 aliphatic rings. The Hall–Kier alpha value is -3.91. The number of hydrogen-bond acceptors (Lipinski definition) is 7. The van der Waals surface area contributed by atoms with Crippen molar-refractivity contribution in [1.82, 2.24) is 14.8 Å². The summed E-state index contributed by atoms with van der Waals surface area (Å²) in [5, 5.41) is 9.13. The Kier molecular flexibility index (Phi) is 5.37. The Morgan fingerprint density at radius 1 is 0.886 bits per heavy atom. The fraction of sp³-hybridized carbons (Fsp3) is 0.185. The number of para-hydroxylation sites is 1. The summed E-state index contributed by atoms with van der Waals surface area (Å²) in [5.74, 6) is 3.14. The molecule has 3 heterocycles. The van der Waals surface area contributed by atoms with Gasteiger partial charge in [0.05, 0.1) is 19.9 Å². The second-order valence-electron chi connectivity index (χ2n) is 8.26. The minimum absolute atomic E-state index is 0.221. The summed E-state index contributed by atoms with van der Waals surface area (Å²) >= 11 is 1.52. The van der Waals surface area contributed by atoms with Gasteiger partial charge in [-0.3, -0.25) is 0 Å². The lowest BCUT2D eigenvalue weighted by atomic mass is 9.84. The molecule has 0 spiro atoms. The minimum atomic E-state index is -0.333. The van der Waals surface area contributed by atoms with Gasteiger partial charge >= 0.3 is 0 Å². The van der Waals surface area contributed by atoms with Gasteiger partial charge in [0.15, 0.2) is 0 Å². The molecule has 7 nitrogen and oxygen atoms in total.